The van der Waals surface area contributed by atoms with Gasteiger partial charge < -0.3 is 10.4 Å². The van der Waals surface area contributed by atoms with E-state index < -0.39 is 43.4 Å². The quantitative estimate of drug-likeness (QED) is 0.841. The maximum absolute atomic E-state index is 12.2. The third-order valence-electron chi connectivity index (χ3n) is 3.55. The van der Waals surface area contributed by atoms with E-state index in [-0.39, 0.29) is 0 Å². The molecule has 0 saturated carbocycles. The molecule has 2 rings (SSSR count). The highest BCUT2D eigenvalue weighted by atomic mass is 19.4. The van der Waals surface area contributed by atoms with Crippen molar-refractivity contribution in [2.24, 2.45) is 0 Å². The lowest BCUT2D eigenvalue weighted by Gasteiger charge is -2.19. The van der Waals surface area contributed by atoms with Gasteiger partial charge in [-0.1, -0.05) is 42.5 Å². The first-order valence-corrected chi connectivity index (χ1v) is 7.32. The molecular weight excluding hydrogens is 323 g/mol. The Kier molecular flexibility index (Phi) is 5.43. The number of hydrogen-bond acceptors (Lipinski definition) is 2. The molecule has 0 aliphatic carbocycles. The van der Waals surface area contributed by atoms with Crippen molar-refractivity contribution in [3.8, 4) is 0 Å². The molecule has 0 aliphatic heterocycles. The molecule has 0 saturated heterocycles. The van der Waals surface area contributed by atoms with E-state index in [0.29, 0.717) is 5.56 Å². The minimum atomic E-state index is -4.43. The van der Waals surface area contributed by atoms with Crippen LogP contribution in [0.25, 0.3) is 10.8 Å². The van der Waals surface area contributed by atoms with E-state index in [9.17, 15) is 22.8 Å². The monoisotopic (exact) mass is 339 g/mol. The summed E-state index contributed by atoms with van der Waals surface area (Å²) in [5.74, 6) is -1.98. The fraction of sp³-hybridized carbons (Fsp3) is 0.294. The third kappa shape index (κ3) is 4.97. The van der Waals surface area contributed by atoms with E-state index in [1.165, 1.54) is 0 Å². The summed E-state index contributed by atoms with van der Waals surface area (Å²) < 4.78 is 36.7. The van der Waals surface area contributed by atoms with E-state index >= 15 is 0 Å². The molecule has 2 N–H and O–H groups in total. The Labute approximate surface area is 136 Å². The Morgan fingerprint density at radius 1 is 1.08 bits per heavy atom. The first kappa shape index (κ1) is 17.8. The Balaban J connectivity index is 2.24. The maximum atomic E-state index is 12.2. The lowest BCUT2D eigenvalue weighted by atomic mass is 9.96. The number of carboxylic acids is 1. The Morgan fingerprint density at radius 3 is 2.42 bits per heavy atom. The molecule has 2 aromatic carbocycles. The predicted molar refractivity (Wildman–Crippen MR) is 82.4 cm³/mol. The summed E-state index contributed by atoms with van der Waals surface area (Å²) in [7, 11) is 0. The Hall–Kier alpha value is -2.57. The number of rotatable bonds is 6. The number of halogens is 3. The van der Waals surface area contributed by atoms with Gasteiger partial charge in [0.25, 0.3) is 0 Å². The molecule has 1 amide bonds. The van der Waals surface area contributed by atoms with Crippen LogP contribution in [-0.2, 0) is 9.59 Å². The van der Waals surface area contributed by atoms with Crippen molar-refractivity contribution in [3.63, 3.8) is 0 Å². The van der Waals surface area contributed by atoms with E-state index in [1.807, 2.05) is 18.2 Å². The topological polar surface area (TPSA) is 66.4 Å². The van der Waals surface area contributed by atoms with E-state index in [4.69, 9.17) is 5.11 Å². The normalized spacial score (nSPS) is 12.8. The Bertz CT molecular complexity index is 738. The SMILES string of the molecule is O=C(O)C[C@@H](NC(=O)CCC(F)(F)F)c1cccc2ccccc12. The number of carbonyl (C=O) groups excluding carboxylic acids is 1. The van der Waals surface area contributed by atoms with Crippen LogP contribution >= 0.6 is 0 Å². The second kappa shape index (κ2) is 7.33. The molecule has 0 unspecified atom stereocenters. The van der Waals surface area contributed by atoms with Crippen molar-refractivity contribution in [2.45, 2.75) is 31.5 Å². The molecule has 2 aromatic rings. The molecule has 0 fully saturated rings. The zero-order chi connectivity index (χ0) is 17.7. The summed E-state index contributed by atoms with van der Waals surface area (Å²) in [4.78, 5) is 22.9. The number of carbonyl (C=O) groups is 2. The second-order valence-electron chi connectivity index (χ2n) is 5.40. The van der Waals surface area contributed by atoms with Gasteiger partial charge in [-0.15, -0.1) is 0 Å². The summed E-state index contributed by atoms with van der Waals surface area (Å²) in [6, 6.07) is 11.5. The fourth-order valence-electron chi connectivity index (χ4n) is 2.49. The first-order chi connectivity index (χ1) is 11.3. The van der Waals surface area contributed by atoms with Crippen molar-refractivity contribution in [2.75, 3.05) is 0 Å². The number of carboxylic acid groups (broad SMARTS) is 1. The fourth-order valence-corrected chi connectivity index (χ4v) is 2.49. The first-order valence-electron chi connectivity index (χ1n) is 7.32. The molecule has 0 heterocycles. The molecule has 0 bridgehead atoms. The van der Waals surface area contributed by atoms with Gasteiger partial charge in [0.15, 0.2) is 0 Å². The lowest BCUT2D eigenvalue weighted by molar-refractivity contribution is -0.145. The van der Waals surface area contributed by atoms with Gasteiger partial charge in [-0.25, -0.2) is 0 Å². The van der Waals surface area contributed by atoms with Gasteiger partial charge in [0.1, 0.15) is 0 Å². The summed E-state index contributed by atoms with van der Waals surface area (Å²) in [5, 5.41) is 13.1. The molecular formula is C17H16F3NO3. The highest BCUT2D eigenvalue weighted by molar-refractivity contribution is 5.87. The zero-order valence-corrected chi connectivity index (χ0v) is 12.6. The Morgan fingerprint density at radius 2 is 1.75 bits per heavy atom. The molecule has 1 atom stereocenters. The molecule has 7 heteroatoms. The summed E-state index contributed by atoms with van der Waals surface area (Å²) in [5.41, 5.74) is 0.566. The van der Waals surface area contributed by atoms with Crippen LogP contribution in [0, 0.1) is 0 Å². The van der Waals surface area contributed by atoms with Gasteiger partial charge in [0.05, 0.1) is 18.9 Å². The number of amides is 1. The van der Waals surface area contributed by atoms with Gasteiger partial charge in [-0.05, 0) is 16.3 Å². The van der Waals surface area contributed by atoms with E-state index in [1.54, 1.807) is 24.3 Å². The number of alkyl halides is 3. The van der Waals surface area contributed by atoms with Crippen molar-refractivity contribution in [3.05, 3.63) is 48.0 Å². The number of hydrogen-bond donors (Lipinski definition) is 2. The highest BCUT2D eigenvalue weighted by Gasteiger charge is 2.29. The number of fused-ring (bicyclic) bond motifs is 1. The number of nitrogens with one attached hydrogen (secondary N) is 1. The van der Waals surface area contributed by atoms with Crippen molar-refractivity contribution in [1.29, 1.82) is 0 Å². The van der Waals surface area contributed by atoms with Gasteiger partial charge in [-0.2, -0.15) is 13.2 Å². The highest BCUT2D eigenvalue weighted by Crippen LogP contribution is 2.27. The minimum Gasteiger partial charge on any atom is -0.481 e. The standard InChI is InChI=1S/C17H16F3NO3/c18-17(19,20)9-8-15(22)21-14(10-16(23)24)13-7-3-5-11-4-1-2-6-12(11)13/h1-7,14H,8-10H2,(H,21,22)(H,23,24)/t14-/m1/s1. The van der Waals surface area contributed by atoms with E-state index in [2.05, 4.69) is 5.32 Å². The van der Waals surface area contributed by atoms with Crippen LogP contribution in [-0.4, -0.2) is 23.2 Å². The molecule has 4 nitrogen and oxygen atoms in total. The van der Waals surface area contributed by atoms with Crippen LogP contribution in [0.5, 0.6) is 0 Å². The van der Waals surface area contributed by atoms with E-state index in [0.717, 1.165) is 10.8 Å². The van der Waals surface area contributed by atoms with Crippen molar-refractivity contribution in [1.82, 2.24) is 5.32 Å². The molecule has 0 aromatic heterocycles. The van der Waals surface area contributed by atoms with Crippen LogP contribution < -0.4 is 5.32 Å². The van der Waals surface area contributed by atoms with Gasteiger partial charge in [-0.3, -0.25) is 9.59 Å². The van der Waals surface area contributed by atoms with Crippen molar-refractivity contribution < 1.29 is 27.9 Å². The molecule has 0 spiro atoms. The maximum Gasteiger partial charge on any atom is 0.389 e. The number of benzene rings is 2. The molecule has 128 valence electrons. The zero-order valence-electron chi connectivity index (χ0n) is 12.6. The average molecular weight is 339 g/mol. The van der Waals surface area contributed by atoms with Crippen LogP contribution in [0.15, 0.2) is 42.5 Å². The average Bonchev–Trinajstić information content (AvgIpc) is 2.51. The minimum absolute atomic E-state index is 0.411. The van der Waals surface area contributed by atoms with Gasteiger partial charge in [0.2, 0.25) is 5.91 Å². The largest absolute Gasteiger partial charge is 0.481 e. The van der Waals surface area contributed by atoms with Crippen LogP contribution in [0.3, 0.4) is 0 Å². The second-order valence-corrected chi connectivity index (χ2v) is 5.40. The molecule has 0 aliphatic rings. The van der Waals surface area contributed by atoms with Crippen molar-refractivity contribution >= 4 is 22.6 Å². The smallest absolute Gasteiger partial charge is 0.389 e. The van der Waals surface area contributed by atoms with Crippen LogP contribution in [0.1, 0.15) is 30.9 Å². The summed E-state index contributed by atoms with van der Waals surface area (Å²) in [6.45, 7) is 0. The number of aliphatic carboxylic acids is 1. The lowest BCUT2D eigenvalue weighted by Crippen LogP contribution is -2.31. The summed E-state index contributed by atoms with van der Waals surface area (Å²) in [6.07, 6.45) is -6.82. The third-order valence-corrected chi connectivity index (χ3v) is 3.55. The van der Waals surface area contributed by atoms with Gasteiger partial charge >= 0.3 is 12.1 Å². The predicted octanol–water partition coefficient (Wildman–Crippen LogP) is 3.81. The van der Waals surface area contributed by atoms with Gasteiger partial charge in [0, 0.05) is 6.42 Å². The molecule has 24 heavy (non-hydrogen) atoms. The van der Waals surface area contributed by atoms with Crippen LogP contribution in [0.4, 0.5) is 13.2 Å². The summed E-state index contributed by atoms with van der Waals surface area (Å²) >= 11 is 0. The molecule has 0 radical (unpaired) electrons. The van der Waals surface area contributed by atoms with Crippen LogP contribution in [0.2, 0.25) is 0 Å².